The third kappa shape index (κ3) is 3.38. The SMILES string of the molecule is CN1C(=O)Cc2cc(C(Br)CCC(C)(C)C)ccc21. The third-order valence-electron chi connectivity index (χ3n) is 3.69. The van der Waals surface area contributed by atoms with Gasteiger partial charge in [0.2, 0.25) is 5.91 Å². The normalized spacial score (nSPS) is 16.7. The number of carbonyl (C=O) groups excluding carboxylic acids is 1. The van der Waals surface area contributed by atoms with Crippen LogP contribution in [0.2, 0.25) is 0 Å². The number of hydrogen-bond acceptors (Lipinski definition) is 1. The van der Waals surface area contributed by atoms with Crippen molar-refractivity contribution in [1.29, 1.82) is 0 Å². The number of benzene rings is 1. The highest BCUT2D eigenvalue weighted by molar-refractivity contribution is 9.09. The topological polar surface area (TPSA) is 20.3 Å². The van der Waals surface area contributed by atoms with Gasteiger partial charge in [0.05, 0.1) is 6.42 Å². The van der Waals surface area contributed by atoms with E-state index in [-0.39, 0.29) is 5.91 Å². The number of halogens is 1. The first-order valence-electron chi connectivity index (χ1n) is 6.81. The van der Waals surface area contributed by atoms with Gasteiger partial charge in [0.1, 0.15) is 0 Å². The first-order valence-corrected chi connectivity index (χ1v) is 7.73. The van der Waals surface area contributed by atoms with Crippen LogP contribution in [0.15, 0.2) is 18.2 Å². The summed E-state index contributed by atoms with van der Waals surface area (Å²) in [5.41, 5.74) is 3.86. The molecule has 1 aromatic rings. The predicted octanol–water partition coefficient (Wildman–Crippen LogP) is 4.47. The molecular formula is C16H22BrNO. The van der Waals surface area contributed by atoms with Crippen LogP contribution in [-0.2, 0) is 11.2 Å². The van der Waals surface area contributed by atoms with Crippen molar-refractivity contribution < 1.29 is 4.79 Å². The number of rotatable bonds is 3. The van der Waals surface area contributed by atoms with Gasteiger partial charge in [-0.05, 0) is 35.4 Å². The lowest BCUT2D eigenvalue weighted by molar-refractivity contribution is -0.117. The van der Waals surface area contributed by atoms with E-state index in [0.717, 1.165) is 17.7 Å². The van der Waals surface area contributed by atoms with Crippen molar-refractivity contribution in [2.45, 2.75) is 44.9 Å². The van der Waals surface area contributed by atoms with Crippen molar-refractivity contribution >= 4 is 27.5 Å². The lowest BCUT2D eigenvalue weighted by atomic mass is 9.89. The average Bonchev–Trinajstić information content (AvgIpc) is 2.61. The van der Waals surface area contributed by atoms with E-state index in [4.69, 9.17) is 0 Å². The molecule has 0 N–H and O–H groups in total. The number of fused-ring (bicyclic) bond motifs is 1. The molecule has 0 spiro atoms. The van der Waals surface area contributed by atoms with Gasteiger partial charge >= 0.3 is 0 Å². The van der Waals surface area contributed by atoms with Crippen LogP contribution in [0.1, 0.15) is 49.6 Å². The summed E-state index contributed by atoms with van der Waals surface area (Å²) in [6, 6.07) is 6.38. The Bertz CT molecular complexity index is 490. The molecule has 0 saturated carbocycles. The van der Waals surface area contributed by atoms with Crippen molar-refractivity contribution in [3.8, 4) is 0 Å². The van der Waals surface area contributed by atoms with Gasteiger partial charge < -0.3 is 4.90 Å². The molecule has 1 aromatic carbocycles. The van der Waals surface area contributed by atoms with Gasteiger partial charge in [-0.15, -0.1) is 0 Å². The Morgan fingerprint density at radius 3 is 2.68 bits per heavy atom. The van der Waals surface area contributed by atoms with E-state index in [1.807, 2.05) is 7.05 Å². The quantitative estimate of drug-likeness (QED) is 0.751. The second-order valence-corrected chi connectivity index (χ2v) is 7.69. The minimum Gasteiger partial charge on any atom is -0.315 e. The molecule has 19 heavy (non-hydrogen) atoms. The molecule has 0 fully saturated rings. The van der Waals surface area contributed by atoms with Crippen LogP contribution >= 0.6 is 15.9 Å². The van der Waals surface area contributed by atoms with E-state index in [9.17, 15) is 4.79 Å². The Morgan fingerprint density at radius 2 is 2.05 bits per heavy atom. The van der Waals surface area contributed by atoms with Gasteiger partial charge in [-0.3, -0.25) is 4.79 Å². The fourth-order valence-electron chi connectivity index (χ4n) is 2.41. The minimum absolute atomic E-state index is 0.188. The molecule has 0 aliphatic carbocycles. The fraction of sp³-hybridized carbons (Fsp3) is 0.562. The van der Waals surface area contributed by atoms with Gasteiger partial charge in [0, 0.05) is 17.6 Å². The number of likely N-dealkylation sites (N-methyl/N-ethyl adjacent to an activating group) is 1. The Labute approximate surface area is 124 Å². The second kappa shape index (κ2) is 5.28. The lowest BCUT2D eigenvalue weighted by Crippen LogP contribution is -2.20. The maximum atomic E-state index is 11.7. The van der Waals surface area contributed by atoms with Crippen molar-refractivity contribution in [2.24, 2.45) is 5.41 Å². The van der Waals surface area contributed by atoms with Gasteiger partial charge in [-0.2, -0.15) is 0 Å². The molecule has 1 aliphatic heterocycles. The summed E-state index contributed by atoms with van der Waals surface area (Å²) in [4.78, 5) is 13.8. The molecule has 1 heterocycles. The standard InChI is InChI=1S/C16H22BrNO/c1-16(2,3)8-7-13(17)11-5-6-14-12(9-11)10-15(19)18(14)4/h5-6,9,13H,7-8,10H2,1-4H3. The zero-order chi connectivity index (χ0) is 14.2. The molecule has 1 atom stereocenters. The van der Waals surface area contributed by atoms with Gasteiger partial charge in [-0.1, -0.05) is 48.8 Å². The monoisotopic (exact) mass is 323 g/mol. The summed E-state index contributed by atoms with van der Waals surface area (Å²) in [6.45, 7) is 6.80. The second-order valence-electron chi connectivity index (χ2n) is 6.58. The molecule has 1 unspecified atom stereocenters. The molecule has 0 bridgehead atoms. The van der Waals surface area contributed by atoms with Crippen LogP contribution in [-0.4, -0.2) is 13.0 Å². The first kappa shape index (κ1) is 14.6. The molecule has 104 valence electrons. The van der Waals surface area contributed by atoms with Gasteiger partial charge in [0.15, 0.2) is 0 Å². The number of carbonyl (C=O) groups is 1. The smallest absolute Gasteiger partial charge is 0.231 e. The fourth-order valence-corrected chi connectivity index (χ4v) is 2.93. The van der Waals surface area contributed by atoms with Crippen LogP contribution in [0, 0.1) is 5.41 Å². The molecule has 1 aliphatic rings. The summed E-state index contributed by atoms with van der Waals surface area (Å²) in [7, 11) is 1.85. The van der Waals surface area contributed by atoms with Crippen LogP contribution in [0.25, 0.3) is 0 Å². The molecule has 2 nitrogen and oxygen atoms in total. The Hall–Kier alpha value is -0.830. The van der Waals surface area contributed by atoms with Crippen LogP contribution in [0.3, 0.4) is 0 Å². The molecule has 0 aromatic heterocycles. The maximum absolute atomic E-state index is 11.7. The van der Waals surface area contributed by atoms with Crippen molar-refractivity contribution in [1.82, 2.24) is 0 Å². The van der Waals surface area contributed by atoms with E-state index in [1.165, 1.54) is 12.0 Å². The predicted molar refractivity (Wildman–Crippen MR) is 83.9 cm³/mol. The zero-order valence-corrected chi connectivity index (χ0v) is 13.8. The average molecular weight is 324 g/mol. The number of anilines is 1. The summed E-state index contributed by atoms with van der Waals surface area (Å²) in [5.74, 6) is 0.188. The van der Waals surface area contributed by atoms with Crippen molar-refractivity contribution in [3.05, 3.63) is 29.3 Å². The third-order valence-corrected chi connectivity index (χ3v) is 4.68. The number of amides is 1. The maximum Gasteiger partial charge on any atom is 0.231 e. The Morgan fingerprint density at radius 1 is 1.37 bits per heavy atom. The van der Waals surface area contributed by atoms with E-state index in [1.54, 1.807) is 4.90 Å². The highest BCUT2D eigenvalue weighted by Crippen LogP contribution is 2.36. The number of nitrogens with zero attached hydrogens (tertiary/aromatic N) is 1. The summed E-state index contributed by atoms with van der Waals surface area (Å²) >= 11 is 3.78. The minimum atomic E-state index is 0.188. The molecule has 3 heteroatoms. The lowest BCUT2D eigenvalue weighted by Gasteiger charge is -2.20. The van der Waals surface area contributed by atoms with Crippen LogP contribution < -0.4 is 4.90 Å². The zero-order valence-electron chi connectivity index (χ0n) is 12.2. The first-order chi connectivity index (χ1) is 8.78. The van der Waals surface area contributed by atoms with E-state index in [0.29, 0.717) is 16.7 Å². The molecule has 0 saturated heterocycles. The molecule has 1 amide bonds. The van der Waals surface area contributed by atoms with Crippen LogP contribution in [0.4, 0.5) is 5.69 Å². The van der Waals surface area contributed by atoms with E-state index in [2.05, 4.69) is 54.9 Å². The largest absolute Gasteiger partial charge is 0.315 e. The summed E-state index contributed by atoms with van der Waals surface area (Å²) in [5, 5.41) is 0. The molecule has 2 rings (SSSR count). The van der Waals surface area contributed by atoms with Crippen molar-refractivity contribution in [2.75, 3.05) is 11.9 Å². The Kier molecular flexibility index (Phi) is 4.05. The van der Waals surface area contributed by atoms with Gasteiger partial charge in [0.25, 0.3) is 0 Å². The van der Waals surface area contributed by atoms with E-state index < -0.39 is 0 Å². The van der Waals surface area contributed by atoms with E-state index >= 15 is 0 Å². The molecular weight excluding hydrogens is 302 g/mol. The summed E-state index contributed by atoms with van der Waals surface area (Å²) in [6.07, 6.45) is 2.84. The number of alkyl halides is 1. The molecule has 0 radical (unpaired) electrons. The Balaban J connectivity index is 2.11. The highest BCUT2D eigenvalue weighted by Gasteiger charge is 2.25. The highest BCUT2D eigenvalue weighted by atomic mass is 79.9. The number of hydrogen-bond donors (Lipinski definition) is 0. The van der Waals surface area contributed by atoms with Crippen molar-refractivity contribution in [3.63, 3.8) is 0 Å². The summed E-state index contributed by atoms with van der Waals surface area (Å²) < 4.78 is 0. The van der Waals surface area contributed by atoms with Gasteiger partial charge in [-0.25, -0.2) is 0 Å². The van der Waals surface area contributed by atoms with Crippen LogP contribution in [0.5, 0.6) is 0 Å².